The van der Waals surface area contributed by atoms with Gasteiger partial charge in [-0.1, -0.05) is 32.9 Å². The second-order valence-corrected chi connectivity index (χ2v) is 13.1. The number of carbonyl (C=O) groups excluding carboxylic acids is 1. The summed E-state index contributed by atoms with van der Waals surface area (Å²) in [4.78, 5) is 16.5. The van der Waals surface area contributed by atoms with Crippen LogP contribution in [0.15, 0.2) is 30.5 Å². The van der Waals surface area contributed by atoms with Gasteiger partial charge in [-0.05, 0) is 55.1 Å². The van der Waals surface area contributed by atoms with Crippen molar-refractivity contribution in [3.05, 3.63) is 41.7 Å². The first-order chi connectivity index (χ1) is 12.0. The van der Waals surface area contributed by atoms with Gasteiger partial charge in [0.1, 0.15) is 0 Å². The standard InChI is InChI=1S/C21H31NO3Si/c1-8-24-20(23)13-19(25-26(6,7)21(3,4)5)16-9-10-17-14-22-15(2)11-18(17)12-16/h9-12,14,19H,8,13H2,1-7H3/t19-/m0/s1. The summed E-state index contributed by atoms with van der Waals surface area (Å²) in [6, 6.07) is 8.26. The normalized spacial score (nSPS) is 13.7. The summed E-state index contributed by atoms with van der Waals surface area (Å²) in [6.45, 7) is 15.2. The van der Waals surface area contributed by atoms with Gasteiger partial charge in [0.05, 0.1) is 19.1 Å². The molecular weight excluding hydrogens is 342 g/mol. The van der Waals surface area contributed by atoms with E-state index in [2.05, 4.69) is 51.0 Å². The molecule has 0 radical (unpaired) electrons. The average molecular weight is 374 g/mol. The lowest BCUT2D eigenvalue weighted by molar-refractivity contribution is -0.145. The van der Waals surface area contributed by atoms with E-state index in [0.29, 0.717) is 6.61 Å². The Labute approximate surface area is 158 Å². The number of carbonyl (C=O) groups is 1. The van der Waals surface area contributed by atoms with Gasteiger partial charge < -0.3 is 9.16 Å². The Hall–Kier alpha value is -1.72. The summed E-state index contributed by atoms with van der Waals surface area (Å²) in [6.07, 6.45) is 1.81. The van der Waals surface area contributed by atoms with Crippen LogP contribution >= 0.6 is 0 Å². The lowest BCUT2D eigenvalue weighted by Gasteiger charge is -2.39. The van der Waals surface area contributed by atoms with Gasteiger partial charge in [0.25, 0.3) is 0 Å². The van der Waals surface area contributed by atoms with Crippen LogP contribution in [-0.4, -0.2) is 25.9 Å². The van der Waals surface area contributed by atoms with E-state index in [1.54, 1.807) is 0 Å². The van der Waals surface area contributed by atoms with Crippen molar-refractivity contribution in [2.75, 3.05) is 6.61 Å². The molecule has 26 heavy (non-hydrogen) atoms. The van der Waals surface area contributed by atoms with E-state index in [0.717, 1.165) is 22.0 Å². The van der Waals surface area contributed by atoms with E-state index in [1.807, 2.05) is 32.2 Å². The van der Waals surface area contributed by atoms with E-state index in [-0.39, 0.29) is 23.5 Å². The third kappa shape index (κ3) is 4.92. The van der Waals surface area contributed by atoms with E-state index in [1.165, 1.54) is 0 Å². The summed E-state index contributed by atoms with van der Waals surface area (Å²) in [5.41, 5.74) is 1.99. The van der Waals surface area contributed by atoms with Crippen molar-refractivity contribution in [1.82, 2.24) is 4.98 Å². The molecule has 0 spiro atoms. The number of benzene rings is 1. The number of fused-ring (bicyclic) bond motifs is 1. The molecule has 0 aliphatic rings. The van der Waals surface area contributed by atoms with Crippen LogP contribution in [0.4, 0.5) is 0 Å². The van der Waals surface area contributed by atoms with Gasteiger partial charge in [-0.25, -0.2) is 0 Å². The maximum Gasteiger partial charge on any atom is 0.308 e. The molecule has 5 heteroatoms. The lowest BCUT2D eigenvalue weighted by atomic mass is 10.0. The highest BCUT2D eigenvalue weighted by Crippen LogP contribution is 2.41. The average Bonchev–Trinajstić information content (AvgIpc) is 2.52. The smallest absolute Gasteiger partial charge is 0.308 e. The van der Waals surface area contributed by atoms with E-state index in [4.69, 9.17) is 9.16 Å². The Balaban J connectivity index is 2.40. The van der Waals surface area contributed by atoms with Crippen LogP contribution in [0.5, 0.6) is 0 Å². The molecular formula is C21H31NO3Si. The Bertz CT molecular complexity index is 780. The minimum absolute atomic E-state index is 0.0667. The highest BCUT2D eigenvalue weighted by Gasteiger charge is 2.40. The quantitative estimate of drug-likeness (QED) is 0.491. The monoisotopic (exact) mass is 373 g/mol. The highest BCUT2D eigenvalue weighted by atomic mass is 28.4. The second kappa shape index (κ2) is 7.88. The number of ether oxygens (including phenoxy) is 1. The zero-order valence-electron chi connectivity index (χ0n) is 17.1. The van der Waals surface area contributed by atoms with Crippen LogP contribution in [0.1, 0.15) is 51.5 Å². The van der Waals surface area contributed by atoms with Gasteiger partial charge in [0.2, 0.25) is 0 Å². The zero-order chi connectivity index (χ0) is 19.5. The van der Waals surface area contributed by atoms with Crippen molar-refractivity contribution in [2.45, 2.75) is 65.3 Å². The molecule has 0 bridgehead atoms. The van der Waals surface area contributed by atoms with Crippen molar-refractivity contribution in [3.8, 4) is 0 Å². The van der Waals surface area contributed by atoms with Gasteiger partial charge in [-0.2, -0.15) is 0 Å². The SMILES string of the molecule is CCOC(=O)C[C@H](O[Si](C)(C)C(C)(C)C)c1ccc2cnc(C)cc2c1. The summed E-state index contributed by atoms with van der Waals surface area (Å²) in [5, 5.41) is 2.27. The fourth-order valence-electron chi connectivity index (χ4n) is 2.60. The molecule has 4 nitrogen and oxygen atoms in total. The molecule has 0 aliphatic carbocycles. The number of pyridine rings is 1. The molecule has 0 saturated heterocycles. The first-order valence-electron chi connectivity index (χ1n) is 9.23. The Kier molecular flexibility index (Phi) is 6.24. The largest absolute Gasteiger partial charge is 0.466 e. The van der Waals surface area contributed by atoms with Crippen LogP contribution < -0.4 is 0 Å². The van der Waals surface area contributed by atoms with Gasteiger partial charge in [0, 0.05) is 17.3 Å². The topological polar surface area (TPSA) is 48.4 Å². The minimum Gasteiger partial charge on any atom is -0.466 e. The molecule has 0 unspecified atom stereocenters. The number of esters is 1. The lowest BCUT2D eigenvalue weighted by Crippen LogP contribution is -2.42. The van der Waals surface area contributed by atoms with Crippen molar-refractivity contribution in [3.63, 3.8) is 0 Å². The van der Waals surface area contributed by atoms with Crippen molar-refractivity contribution >= 4 is 25.1 Å². The molecule has 1 aromatic heterocycles. The fourth-order valence-corrected chi connectivity index (χ4v) is 3.89. The van der Waals surface area contributed by atoms with Gasteiger partial charge >= 0.3 is 5.97 Å². The maximum atomic E-state index is 12.2. The fraction of sp³-hybridized carbons (Fsp3) is 0.524. The first kappa shape index (κ1) is 20.6. The van der Waals surface area contributed by atoms with Crippen LogP contribution in [0.3, 0.4) is 0 Å². The number of hydrogen-bond acceptors (Lipinski definition) is 4. The molecule has 0 saturated carbocycles. The van der Waals surface area contributed by atoms with Crippen LogP contribution in [-0.2, 0) is 14.0 Å². The van der Waals surface area contributed by atoms with Gasteiger partial charge in [-0.15, -0.1) is 0 Å². The summed E-state index contributed by atoms with van der Waals surface area (Å²) >= 11 is 0. The Morgan fingerprint density at radius 2 is 1.88 bits per heavy atom. The molecule has 1 atom stereocenters. The number of rotatable bonds is 6. The van der Waals surface area contributed by atoms with Crippen LogP contribution in [0.2, 0.25) is 18.1 Å². The van der Waals surface area contributed by atoms with Gasteiger partial charge in [-0.3, -0.25) is 9.78 Å². The van der Waals surface area contributed by atoms with Crippen LogP contribution in [0, 0.1) is 6.92 Å². The third-order valence-corrected chi connectivity index (χ3v) is 9.64. The molecule has 142 valence electrons. The summed E-state index contributed by atoms with van der Waals surface area (Å²) in [7, 11) is -2.04. The molecule has 1 aromatic carbocycles. The maximum absolute atomic E-state index is 12.2. The van der Waals surface area contributed by atoms with Gasteiger partial charge in [0.15, 0.2) is 8.32 Å². The Morgan fingerprint density at radius 3 is 2.50 bits per heavy atom. The number of nitrogens with zero attached hydrogens (tertiary/aromatic N) is 1. The minimum atomic E-state index is -2.04. The molecule has 0 fully saturated rings. The number of hydrogen-bond donors (Lipinski definition) is 0. The molecule has 1 heterocycles. The predicted octanol–water partition coefficient (Wildman–Crippen LogP) is 5.56. The Morgan fingerprint density at radius 1 is 1.19 bits per heavy atom. The molecule has 0 aliphatic heterocycles. The second-order valence-electron chi connectivity index (χ2n) is 8.31. The highest BCUT2D eigenvalue weighted by molar-refractivity contribution is 6.74. The van der Waals surface area contributed by atoms with Crippen LogP contribution in [0.25, 0.3) is 10.8 Å². The number of aromatic nitrogens is 1. The molecule has 2 aromatic rings. The molecule has 0 N–H and O–H groups in total. The number of aryl methyl sites for hydroxylation is 1. The predicted molar refractivity (Wildman–Crippen MR) is 109 cm³/mol. The van der Waals surface area contributed by atoms with Crippen molar-refractivity contribution < 1.29 is 14.0 Å². The third-order valence-electron chi connectivity index (χ3n) is 5.15. The summed E-state index contributed by atoms with van der Waals surface area (Å²) in [5.74, 6) is -0.220. The van der Waals surface area contributed by atoms with Crippen molar-refractivity contribution in [1.29, 1.82) is 0 Å². The molecule has 0 amide bonds. The zero-order valence-corrected chi connectivity index (χ0v) is 18.1. The van der Waals surface area contributed by atoms with E-state index < -0.39 is 8.32 Å². The summed E-state index contributed by atoms with van der Waals surface area (Å²) < 4.78 is 11.8. The van der Waals surface area contributed by atoms with E-state index >= 15 is 0 Å². The van der Waals surface area contributed by atoms with Crippen molar-refractivity contribution in [2.24, 2.45) is 0 Å². The first-order valence-corrected chi connectivity index (χ1v) is 12.1. The van der Waals surface area contributed by atoms with E-state index in [9.17, 15) is 4.79 Å². The molecule has 2 rings (SSSR count).